The van der Waals surface area contributed by atoms with Crippen LogP contribution in [0.2, 0.25) is 0 Å². The molecule has 2 nitrogen and oxygen atoms in total. The molecular formula is C10H14F2N2. The molecule has 0 spiro atoms. The fourth-order valence-corrected chi connectivity index (χ4v) is 1.23. The molecule has 0 saturated carbocycles. The Morgan fingerprint density at radius 2 is 1.64 bits per heavy atom. The van der Waals surface area contributed by atoms with E-state index in [4.69, 9.17) is 11.5 Å². The number of rotatable bonds is 2. The normalized spacial score (nSPS) is 13.3. The molecule has 0 aromatic heterocycles. The third-order valence-electron chi connectivity index (χ3n) is 2.20. The molecule has 0 fully saturated rings. The SMILES string of the molecule is CC(C)[C@@H](N)c1cc(F)c(F)cc1N. The summed E-state index contributed by atoms with van der Waals surface area (Å²) < 4.78 is 25.6. The molecule has 1 aromatic carbocycles. The Balaban J connectivity index is 3.15. The van der Waals surface area contributed by atoms with Gasteiger partial charge in [-0.05, 0) is 17.5 Å². The van der Waals surface area contributed by atoms with Crippen molar-refractivity contribution in [2.24, 2.45) is 11.7 Å². The first-order chi connectivity index (χ1) is 6.43. The van der Waals surface area contributed by atoms with Gasteiger partial charge in [0.1, 0.15) is 0 Å². The molecule has 0 unspecified atom stereocenters. The zero-order chi connectivity index (χ0) is 10.9. The molecule has 0 amide bonds. The van der Waals surface area contributed by atoms with Crippen molar-refractivity contribution in [1.82, 2.24) is 0 Å². The number of nitrogen functional groups attached to an aromatic ring is 1. The van der Waals surface area contributed by atoms with Gasteiger partial charge in [0.05, 0.1) is 0 Å². The lowest BCUT2D eigenvalue weighted by molar-refractivity contribution is 0.489. The van der Waals surface area contributed by atoms with E-state index in [0.29, 0.717) is 5.56 Å². The minimum atomic E-state index is -0.942. The van der Waals surface area contributed by atoms with Crippen molar-refractivity contribution < 1.29 is 8.78 Å². The minimum Gasteiger partial charge on any atom is -0.398 e. The molecule has 4 heteroatoms. The second-order valence-electron chi connectivity index (χ2n) is 3.67. The van der Waals surface area contributed by atoms with Crippen molar-refractivity contribution >= 4 is 5.69 Å². The van der Waals surface area contributed by atoms with Gasteiger partial charge in [0, 0.05) is 17.8 Å². The van der Waals surface area contributed by atoms with E-state index in [9.17, 15) is 8.78 Å². The third-order valence-corrected chi connectivity index (χ3v) is 2.20. The van der Waals surface area contributed by atoms with Crippen LogP contribution in [0.3, 0.4) is 0 Å². The van der Waals surface area contributed by atoms with Gasteiger partial charge in [-0.3, -0.25) is 0 Å². The lowest BCUT2D eigenvalue weighted by Gasteiger charge is -2.18. The van der Waals surface area contributed by atoms with Crippen molar-refractivity contribution in [1.29, 1.82) is 0 Å². The van der Waals surface area contributed by atoms with E-state index in [1.54, 1.807) is 0 Å². The van der Waals surface area contributed by atoms with Gasteiger partial charge in [0.2, 0.25) is 0 Å². The summed E-state index contributed by atoms with van der Waals surface area (Å²) in [6.07, 6.45) is 0. The average Bonchev–Trinajstić information content (AvgIpc) is 2.10. The van der Waals surface area contributed by atoms with Crippen LogP contribution >= 0.6 is 0 Å². The number of halogens is 2. The van der Waals surface area contributed by atoms with Gasteiger partial charge in [-0.2, -0.15) is 0 Å². The Labute approximate surface area is 81.9 Å². The Hall–Kier alpha value is -1.16. The van der Waals surface area contributed by atoms with E-state index in [2.05, 4.69) is 0 Å². The smallest absolute Gasteiger partial charge is 0.160 e. The first kappa shape index (κ1) is 10.9. The summed E-state index contributed by atoms with van der Waals surface area (Å²) in [5.74, 6) is -1.73. The van der Waals surface area contributed by atoms with E-state index in [1.165, 1.54) is 0 Å². The lowest BCUT2D eigenvalue weighted by atomic mass is 9.95. The molecule has 0 saturated heterocycles. The summed E-state index contributed by atoms with van der Waals surface area (Å²) in [5.41, 5.74) is 12.0. The van der Waals surface area contributed by atoms with Crippen LogP contribution in [0.5, 0.6) is 0 Å². The molecule has 1 rings (SSSR count). The zero-order valence-corrected chi connectivity index (χ0v) is 8.22. The molecule has 0 aliphatic rings. The molecule has 0 heterocycles. The standard InChI is InChI=1S/C10H14F2N2/c1-5(2)10(14)6-3-7(11)8(12)4-9(6)13/h3-5,10H,13-14H2,1-2H3/t10-/m1/s1. The molecular weight excluding hydrogens is 186 g/mol. The maximum absolute atomic E-state index is 12.9. The molecule has 0 aliphatic heterocycles. The number of nitrogens with two attached hydrogens (primary N) is 2. The highest BCUT2D eigenvalue weighted by molar-refractivity contribution is 5.49. The summed E-state index contributed by atoms with van der Waals surface area (Å²) in [6, 6.07) is 1.66. The highest BCUT2D eigenvalue weighted by Gasteiger charge is 2.16. The van der Waals surface area contributed by atoms with Gasteiger partial charge in [-0.15, -0.1) is 0 Å². The monoisotopic (exact) mass is 200 g/mol. The lowest BCUT2D eigenvalue weighted by Crippen LogP contribution is -2.18. The Morgan fingerprint density at radius 3 is 2.14 bits per heavy atom. The maximum Gasteiger partial charge on any atom is 0.160 e. The van der Waals surface area contributed by atoms with Gasteiger partial charge >= 0.3 is 0 Å². The molecule has 1 aromatic rings. The second kappa shape index (κ2) is 3.92. The minimum absolute atomic E-state index is 0.127. The molecule has 1 atom stereocenters. The van der Waals surface area contributed by atoms with E-state index in [0.717, 1.165) is 12.1 Å². The van der Waals surface area contributed by atoms with Gasteiger partial charge in [-0.1, -0.05) is 13.8 Å². The van der Waals surface area contributed by atoms with Gasteiger partial charge in [0.25, 0.3) is 0 Å². The molecule has 0 bridgehead atoms. The molecule has 4 N–H and O–H groups in total. The summed E-state index contributed by atoms with van der Waals surface area (Å²) >= 11 is 0. The predicted molar refractivity (Wildman–Crippen MR) is 52.5 cm³/mol. The average molecular weight is 200 g/mol. The van der Waals surface area contributed by atoms with Crippen LogP contribution in [0.1, 0.15) is 25.5 Å². The van der Waals surface area contributed by atoms with Crippen molar-refractivity contribution in [2.75, 3.05) is 5.73 Å². The molecule has 78 valence electrons. The quantitative estimate of drug-likeness (QED) is 0.719. The number of anilines is 1. The van der Waals surface area contributed by atoms with Crippen LogP contribution in [0.25, 0.3) is 0 Å². The number of hydrogen-bond acceptors (Lipinski definition) is 2. The summed E-state index contributed by atoms with van der Waals surface area (Å²) in [6.45, 7) is 3.79. The van der Waals surface area contributed by atoms with Gasteiger partial charge < -0.3 is 11.5 Å². The maximum atomic E-state index is 12.9. The number of benzene rings is 1. The summed E-state index contributed by atoms with van der Waals surface area (Å²) in [7, 11) is 0. The van der Waals surface area contributed by atoms with E-state index in [1.807, 2.05) is 13.8 Å². The van der Waals surface area contributed by atoms with Crippen LogP contribution < -0.4 is 11.5 Å². The van der Waals surface area contributed by atoms with Crippen LogP contribution in [0.4, 0.5) is 14.5 Å². The highest BCUT2D eigenvalue weighted by atomic mass is 19.2. The topological polar surface area (TPSA) is 52.0 Å². The Bertz CT molecular complexity index is 337. The highest BCUT2D eigenvalue weighted by Crippen LogP contribution is 2.26. The molecule has 14 heavy (non-hydrogen) atoms. The van der Waals surface area contributed by atoms with Crippen LogP contribution in [-0.2, 0) is 0 Å². The van der Waals surface area contributed by atoms with Crippen LogP contribution in [0, 0.1) is 17.6 Å². The van der Waals surface area contributed by atoms with Crippen LogP contribution in [-0.4, -0.2) is 0 Å². The summed E-state index contributed by atoms with van der Waals surface area (Å²) in [5, 5.41) is 0. The van der Waals surface area contributed by atoms with Crippen LogP contribution in [0.15, 0.2) is 12.1 Å². The van der Waals surface area contributed by atoms with E-state index in [-0.39, 0.29) is 17.6 Å². The Morgan fingerprint density at radius 1 is 1.14 bits per heavy atom. The van der Waals surface area contributed by atoms with Crippen molar-refractivity contribution in [3.8, 4) is 0 Å². The third kappa shape index (κ3) is 2.01. The predicted octanol–water partition coefficient (Wildman–Crippen LogP) is 2.20. The van der Waals surface area contributed by atoms with Crippen molar-refractivity contribution in [3.63, 3.8) is 0 Å². The zero-order valence-electron chi connectivity index (χ0n) is 8.22. The molecule has 0 aliphatic carbocycles. The van der Waals surface area contributed by atoms with Gasteiger partial charge in [0.15, 0.2) is 11.6 Å². The number of hydrogen-bond donors (Lipinski definition) is 2. The molecule has 0 radical (unpaired) electrons. The first-order valence-corrected chi connectivity index (χ1v) is 4.43. The largest absolute Gasteiger partial charge is 0.398 e. The summed E-state index contributed by atoms with van der Waals surface area (Å²) in [4.78, 5) is 0. The fourth-order valence-electron chi connectivity index (χ4n) is 1.23. The Kier molecular flexibility index (Phi) is 3.06. The first-order valence-electron chi connectivity index (χ1n) is 4.43. The fraction of sp³-hybridized carbons (Fsp3) is 0.400. The van der Waals surface area contributed by atoms with Crippen molar-refractivity contribution in [3.05, 3.63) is 29.3 Å². The van der Waals surface area contributed by atoms with E-state index >= 15 is 0 Å². The van der Waals surface area contributed by atoms with Crippen molar-refractivity contribution in [2.45, 2.75) is 19.9 Å². The van der Waals surface area contributed by atoms with E-state index < -0.39 is 11.6 Å². The van der Waals surface area contributed by atoms with Gasteiger partial charge in [-0.25, -0.2) is 8.78 Å². The second-order valence-corrected chi connectivity index (χ2v) is 3.67.